The van der Waals surface area contributed by atoms with E-state index in [4.69, 9.17) is 11.6 Å². The third-order valence-corrected chi connectivity index (χ3v) is 4.07. The molecule has 1 saturated heterocycles. The molecule has 0 bridgehead atoms. The van der Waals surface area contributed by atoms with E-state index >= 15 is 0 Å². The Labute approximate surface area is 131 Å². The monoisotopic (exact) mass is 295 g/mol. The lowest BCUT2D eigenvalue weighted by molar-refractivity contribution is 0.296. The molecule has 21 heavy (non-hydrogen) atoms. The van der Waals surface area contributed by atoms with Gasteiger partial charge in [0, 0.05) is 10.6 Å². The topological polar surface area (TPSA) is 3.24 Å². The Bertz CT molecular complexity index is 631. The lowest BCUT2D eigenvalue weighted by Gasteiger charge is -2.23. The highest BCUT2D eigenvalue weighted by atomic mass is 35.5. The molecule has 1 aliphatic rings. The standard InChI is InChI=1S/C19H18ClN/c20-18-11-9-17(10-12-18)19(21-14-4-5-15-21)13-8-16-6-2-1-3-7-16/h1-3,6-7,9-12,19H,4-5,14-15H2. The molecule has 0 radical (unpaired) electrons. The molecule has 0 saturated carbocycles. The summed E-state index contributed by atoms with van der Waals surface area (Å²) in [7, 11) is 0. The Morgan fingerprint density at radius 1 is 0.905 bits per heavy atom. The lowest BCUT2D eigenvalue weighted by atomic mass is 10.1. The van der Waals surface area contributed by atoms with Crippen molar-refractivity contribution in [3.8, 4) is 11.8 Å². The van der Waals surface area contributed by atoms with E-state index in [0.717, 1.165) is 23.7 Å². The molecule has 0 amide bonds. The largest absolute Gasteiger partial charge is 0.286 e. The second-order valence-electron chi connectivity index (χ2n) is 5.33. The zero-order chi connectivity index (χ0) is 14.5. The van der Waals surface area contributed by atoms with E-state index in [1.165, 1.54) is 18.4 Å². The van der Waals surface area contributed by atoms with Gasteiger partial charge in [-0.3, -0.25) is 4.90 Å². The average molecular weight is 296 g/mol. The first-order valence-electron chi connectivity index (χ1n) is 7.39. The fraction of sp³-hybridized carbons (Fsp3) is 0.263. The van der Waals surface area contributed by atoms with Gasteiger partial charge in [0.15, 0.2) is 0 Å². The van der Waals surface area contributed by atoms with Crippen LogP contribution >= 0.6 is 11.6 Å². The van der Waals surface area contributed by atoms with E-state index < -0.39 is 0 Å². The average Bonchev–Trinajstić information content (AvgIpc) is 3.04. The van der Waals surface area contributed by atoms with Crippen LogP contribution in [0.25, 0.3) is 0 Å². The van der Waals surface area contributed by atoms with E-state index in [1.807, 2.05) is 30.3 Å². The number of rotatable bonds is 2. The first kappa shape index (κ1) is 14.2. The summed E-state index contributed by atoms with van der Waals surface area (Å²) in [6.45, 7) is 2.24. The van der Waals surface area contributed by atoms with Gasteiger partial charge in [0.1, 0.15) is 0 Å². The Morgan fingerprint density at radius 2 is 1.57 bits per heavy atom. The molecule has 1 heterocycles. The molecular formula is C19H18ClN. The van der Waals surface area contributed by atoms with Crippen molar-refractivity contribution in [3.63, 3.8) is 0 Å². The van der Waals surface area contributed by atoms with E-state index in [-0.39, 0.29) is 6.04 Å². The van der Waals surface area contributed by atoms with Crippen LogP contribution in [0.5, 0.6) is 0 Å². The first-order valence-corrected chi connectivity index (χ1v) is 7.77. The molecule has 2 heteroatoms. The second-order valence-corrected chi connectivity index (χ2v) is 5.77. The minimum Gasteiger partial charge on any atom is -0.286 e. The highest BCUT2D eigenvalue weighted by Gasteiger charge is 2.21. The van der Waals surface area contributed by atoms with Crippen LogP contribution in [-0.2, 0) is 0 Å². The van der Waals surface area contributed by atoms with Crippen molar-refractivity contribution in [2.24, 2.45) is 0 Å². The number of hydrogen-bond acceptors (Lipinski definition) is 1. The maximum Gasteiger partial charge on any atom is 0.0974 e. The SMILES string of the molecule is Clc1ccc(C(C#Cc2ccccc2)N2CCCC2)cc1. The summed E-state index contributed by atoms with van der Waals surface area (Å²) in [5.74, 6) is 6.76. The molecule has 106 valence electrons. The van der Waals surface area contributed by atoms with Crippen molar-refractivity contribution in [2.45, 2.75) is 18.9 Å². The summed E-state index contributed by atoms with van der Waals surface area (Å²) >= 11 is 6.00. The predicted molar refractivity (Wildman–Crippen MR) is 88.3 cm³/mol. The number of benzene rings is 2. The van der Waals surface area contributed by atoms with Gasteiger partial charge in [-0.2, -0.15) is 0 Å². The van der Waals surface area contributed by atoms with E-state index in [0.29, 0.717) is 0 Å². The summed E-state index contributed by atoms with van der Waals surface area (Å²) in [5, 5.41) is 0.773. The molecule has 0 aliphatic carbocycles. The molecule has 1 fully saturated rings. The summed E-state index contributed by atoms with van der Waals surface area (Å²) < 4.78 is 0. The van der Waals surface area contributed by atoms with Crippen molar-refractivity contribution < 1.29 is 0 Å². The summed E-state index contributed by atoms with van der Waals surface area (Å²) in [6.07, 6.45) is 2.52. The van der Waals surface area contributed by atoms with E-state index in [2.05, 4.69) is 41.0 Å². The van der Waals surface area contributed by atoms with Crippen molar-refractivity contribution in [2.75, 3.05) is 13.1 Å². The predicted octanol–water partition coefficient (Wildman–Crippen LogP) is 4.53. The van der Waals surface area contributed by atoms with Crippen LogP contribution in [0, 0.1) is 11.8 Å². The Balaban J connectivity index is 1.89. The van der Waals surface area contributed by atoms with Crippen molar-refractivity contribution in [1.82, 2.24) is 4.90 Å². The summed E-state index contributed by atoms with van der Waals surface area (Å²) in [5.41, 5.74) is 2.29. The minimum absolute atomic E-state index is 0.157. The van der Waals surface area contributed by atoms with Crippen LogP contribution in [0.15, 0.2) is 54.6 Å². The summed E-state index contributed by atoms with van der Waals surface area (Å²) in [6, 6.07) is 18.4. The highest BCUT2D eigenvalue weighted by molar-refractivity contribution is 6.30. The molecule has 0 spiro atoms. The van der Waals surface area contributed by atoms with Gasteiger partial charge in [0.2, 0.25) is 0 Å². The summed E-state index contributed by atoms with van der Waals surface area (Å²) in [4.78, 5) is 2.46. The Hall–Kier alpha value is -1.75. The second kappa shape index (κ2) is 6.80. The highest BCUT2D eigenvalue weighted by Crippen LogP contribution is 2.25. The van der Waals surface area contributed by atoms with Gasteiger partial charge in [-0.1, -0.05) is 53.8 Å². The molecule has 2 aromatic rings. The molecule has 2 aromatic carbocycles. The van der Waals surface area contributed by atoms with Crippen LogP contribution in [0.1, 0.15) is 30.0 Å². The normalized spacial score (nSPS) is 16.2. The van der Waals surface area contributed by atoms with Gasteiger partial charge >= 0.3 is 0 Å². The van der Waals surface area contributed by atoms with Crippen molar-refractivity contribution in [3.05, 3.63) is 70.7 Å². The van der Waals surface area contributed by atoms with Crippen LogP contribution < -0.4 is 0 Å². The van der Waals surface area contributed by atoms with Gasteiger partial charge < -0.3 is 0 Å². The molecule has 1 unspecified atom stereocenters. The zero-order valence-corrected chi connectivity index (χ0v) is 12.7. The Kier molecular flexibility index (Phi) is 4.60. The molecule has 1 nitrogen and oxygen atoms in total. The first-order chi connectivity index (χ1) is 10.3. The van der Waals surface area contributed by atoms with Gasteiger partial charge in [0.05, 0.1) is 6.04 Å². The smallest absolute Gasteiger partial charge is 0.0974 e. The van der Waals surface area contributed by atoms with Crippen LogP contribution in [0.3, 0.4) is 0 Å². The third kappa shape index (κ3) is 3.67. The van der Waals surface area contributed by atoms with Gasteiger partial charge in [0.25, 0.3) is 0 Å². The maximum absolute atomic E-state index is 6.00. The van der Waals surface area contributed by atoms with Gasteiger partial charge in [-0.05, 0) is 55.8 Å². The van der Waals surface area contributed by atoms with Crippen molar-refractivity contribution in [1.29, 1.82) is 0 Å². The fourth-order valence-corrected chi connectivity index (χ4v) is 2.83. The Morgan fingerprint density at radius 3 is 2.24 bits per heavy atom. The fourth-order valence-electron chi connectivity index (χ4n) is 2.70. The number of halogens is 1. The lowest BCUT2D eigenvalue weighted by Crippen LogP contribution is -2.24. The maximum atomic E-state index is 6.00. The molecule has 0 N–H and O–H groups in total. The van der Waals surface area contributed by atoms with Crippen molar-refractivity contribution >= 4 is 11.6 Å². The number of likely N-dealkylation sites (tertiary alicyclic amines) is 1. The zero-order valence-electron chi connectivity index (χ0n) is 11.9. The molecule has 1 atom stereocenters. The molecule has 1 aliphatic heterocycles. The van der Waals surface area contributed by atoms with Crippen LogP contribution in [0.2, 0.25) is 5.02 Å². The van der Waals surface area contributed by atoms with Gasteiger partial charge in [-0.15, -0.1) is 0 Å². The third-order valence-electron chi connectivity index (χ3n) is 3.82. The van der Waals surface area contributed by atoms with Crippen LogP contribution in [0.4, 0.5) is 0 Å². The molecular weight excluding hydrogens is 278 g/mol. The van der Waals surface area contributed by atoms with Crippen LogP contribution in [-0.4, -0.2) is 18.0 Å². The van der Waals surface area contributed by atoms with E-state index in [1.54, 1.807) is 0 Å². The minimum atomic E-state index is 0.157. The molecule has 0 aromatic heterocycles. The number of nitrogens with zero attached hydrogens (tertiary/aromatic N) is 1. The quantitative estimate of drug-likeness (QED) is 0.736. The van der Waals surface area contributed by atoms with E-state index in [9.17, 15) is 0 Å². The van der Waals surface area contributed by atoms with Gasteiger partial charge in [-0.25, -0.2) is 0 Å². The molecule has 3 rings (SSSR count). The number of hydrogen-bond donors (Lipinski definition) is 0.